The van der Waals surface area contributed by atoms with E-state index in [0.29, 0.717) is 34.2 Å². The molecule has 3 aliphatic heterocycles. The van der Waals surface area contributed by atoms with E-state index >= 15 is 0 Å². The van der Waals surface area contributed by atoms with Crippen molar-refractivity contribution < 1.29 is 19.1 Å². The Bertz CT molecular complexity index is 1800. The first kappa shape index (κ1) is 33.5. The summed E-state index contributed by atoms with van der Waals surface area (Å²) in [6.45, 7) is 26.3. The van der Waals surface area contributed by atoms with E-state index in [-0.39, 0.29) is 33.2 Å². The number of carbonyl (C=O) groups is 2. The highest BCUT2D eigenvalue weighted by atomic mass is 32.2. The number of fused-ring (bicyclic) bond motifs is 2. The lowest BCUT2D eigenvalue weighted by atomic mass is 9.77. The zero-order chi connectivity index (χ0) is 35.0. The van der Waals surface area contributed by atoms with Gasteiger partial charge in [0.1, 0.15) is 11.5 Å². The second kappa shape index (κ2) is 10.3. The van der Waals surface area contributed by atoms with Gasteiger partial charge < -0.3 is 9.47 Å². The number of thioether (sulfide) groups is 2. The number of rotatable bonds is 0. The Morgan fingerprint density at radius 1 is 0.542 bits per heavy atom. The molecule has 6 heteroatoms. The predicted molar refractivity (Wildman–Crippen MR) is 197 cm³/mol. The SMILES string of the molecule is CC(C)(C)C1=C[C@]23Cc4cc(C(C)(C)C)cc(c4O2)SC2=CC(C(C)(C)C)=C[C@]4(Cc5cc(C(C)(C)C)cc(c5O4)SC(=C1)C3=O)C2=O. The molecule has 252 valence electrons. The number of hydrogen-bond acceptors (Lipinski definition) is 6. The Morgan fingerprint density at radius 2 is 0.896 bits per heavy atom. The average molecular weight is 681 g/mol. The van der Waals surface area contributed by atoms with E-state index < -0.39 is 11.2 Å². The monoisotopic (exact) mass is 680 g/mol. The smallest absolute Gasteiger partial charge is 0.217 e. The molecule has 2 aliphatic carbocycles. The summed E-state index contributed by atoms with van der Waals surface area (Å²) in [5.41, 5.74) is 3.39. The van der Waals surface area contributed by atoms with Gasteiger partial charge in [-0.1, -0.05) is 119 Å². The maximum Gasteiger partial charge on any atom is 0.217 e. The van der Waals surface area contributed by atoms with Crippen LogP contribution in [0.4, 0.5) is 0 Å². The molecule has 0 amide bonds. The quantitative estimate of drug-likeness (QED) is 0.276. The van der Waals surface area contributed by atoms with Gasteiger partial charge in [0.25, 0.3) is 0 Å². The Balaban J connectivity index is 1.53. The third kappa shape index (κ3) is 5.37. The van der Waals surface area contributed by atoms with Crippen LogP contribution in [-0.4, -0.2) is 22.8 Å². The second-order valence-electron chi connectivity index (χ2n) is 18.3. The highest BCUT2D eigenvalue weighted by Crippen LogP contribution is 2.56. The first-order valence-corrected chi connectivity index (χ1v) is 18.7. The third-order valence-electron chi connectivity index (χ3n) is 10.2. The van der Waals surface area contributed by atoms with Gasteiger partial charge in [0, 0.05) is 24.0 Å². The molecular weight excluding hydrogens is 633 g/mol. The lowest BCUT2D eigenvalue weighted by Crippen LogP contribution is -2.45. The van der Waals surface area contributed by atoms with Crippen molar-refractivity contribution in [3.8, 4) is 11.5 Å². The molecule has 6 bridgehead atoms. The Labute approximate surface area is 294 Å². The molecule has 2 spiro atoms. The van der Waals surface area contributed by atoms with Crippen molar-refractivity contribution in [3.05, 3.63) is 91.8 Å². The summed E-state index contributed by atoms with van der Waals surface area (Å²) < 4.78 is 14.0. The Morgan fingerprint density at radius 3 is 1.21 bits per heavy atom. The van der Waals surface area contributed by atoms with Crippen LogP contribution in [0.2, 0.25) is 0 Å². The van der Waals surface area contributed by atoms with E-state index in [0.717, 1.165) is 43.2 Å². The van der Waals surface area contributed by atoms with Crippen molar-refractivity contribution in [1.29, 1.82) is 0 Å². The number of benzene rings is 2. The topological polar surface area (TPSA) is 52.6 Å². The van der Waals surface area contributed by atoms with Crippen LogP contribution in [0.15, 0.2) is 79.3 Å². The normalized spacial score (nSPS) is 25.0. The molecule has 0 radical (unpaired) electrons. The largest absolute Gasteiger partial charge is 0.473 e. The van der Waals surface area contributed by atoms with Crippen molar-refractivity contribution in [2.75, 3.05) is 0 Å². The third-order valence-corrected chi connectivity index (χ3v) is 12.3. The molecule has 5 aliphatic rings. The van der Waals surface area contributed by atoms with Gasteiger partial charge in [-0.15, -0.1) is 0 Å². The van der Waals surface area contributed by atoms with Gasteiger partial charge in [-0.2, -0.15) is 0 Å². The van der Waals surface area contributed by atoms with Gasteiger partial charge in [-0.3, -0.25) is 9.59 Å². The fraction of sp³-hybridized carbons (Fsp3) is 0.476. The van der Waals surface area contributed by atoms with Crippen LogP contribution in [0.3, 0.4) is 0 Å². The first-order chi connectivity index (χ1) is 22.0. The number of hydrogen-bond donors (Lipinski definition) is 0. The summed E-state index contributed by atoms with van der Waals surface area (Å²) in [6.07, 6.45) is 9.13. The molecule has 0 saturated carbocycles. The Kier molecular flexibility index (Phi) is 7.19. The summed E-state index contributed by atoms with van der Waals surface area (Å²) in [5, 5.41) is 0. The summed E-state index contributed by atoms with van der Waals surface area (Å²) in [7, 11) is 0. The molecule has 2 aromatic carbocycles. The summed E-state index contributed by atoms with van der Waals surface area (Å²) in [6, 6.07) is 8.74. The van der Waals surface area contributed by atoms with Crippen LogP contribution >= 0.6 is 23.5 Å². The molecule has 0 aromatic heterocycles. The molecule has 4 nitrogen and oxygen atoms in total. The summed E-state index contributed by atoms with van der Waals surface area (Å²) >= 11 is 2.92. The minimum Gasteiger partial charge on any atom is -0.473 e. The summed E-state index contributed by atoms with van der Waals surface area (Å²) in [4.78, 5) is 32.7. The molecule has 48 heavy (non-hydrogen) atoms. The second-order valence-corrected chi connectivity index (χ2v) is 20.5. The number of ketones is 2. The highest BCUT2D eigenvalue weighted by molar-refractivity contribution is 8.04. The van der Waals surface area contributed by atoms with Gasteiger partial charge in [-0.25, -0.2) is 0 Å². The van der Waals surface area contributed by atoms with Crippen LogP contribution in [0.1, 0.15) is 105 Å². The average Bonchev–Trinajstić information content (AvgIpc) is 3.50. The maximum atomic E-state index is 14.9. The van der Waals surface area contributed by atoms with Crippen LogP contribution in [-0.2, 0) is 33.3 Å². The van der Waals surface area contributed by atoms with E-state index in [1.54, 1.807) is 0 Å². The van der Waals surface area contributed by atoms with Crippen LogP contribution < -0.4 is 9.47 Å². The Hall–Kier alpha value is -2.96. The summed E-state index contributed by atoms with van der Waals surface area (Å²) in [5.74, 6) is 1.34. The van der Waals surface area contributed by atoms with Gasteiger partial charge in [0.2, 0.25) is 11.6 Å². The molecule has 3 heterocycles. The molecule has 0 unspecified atom stereocenters. The predicted octanol–water partition coefficient (Wildman–Crippen LogP) is 10.4. The van der Waals surface area contributed by atoms with E-state index in [1.165, 1.54) is 23.5 Å². The first-order valence-electron chi connectivity index (χ1n) is 17.1. The van der Waals surface area contributed by atoms with Gasteiger partial charge in [0.15, 0.2) is 11.2 Å². The van der Waals surface area contributed by atoms with Gasteiger partial charge in [0.05, 0.1) is 19.6 Å². The standard InChI is InChI=1S/C42H48O4S2/c1-37(2,3)25-13-23-19-41-21-28(40(10,11)12)18-32(36(41)44)48-30-16-26(38(4,5)6)14-24-20-42(46-34(24)30)22-27(39(7,8)9)17-31(35(42)43)47-29(15-25)33(23)45-41/h13-18,21-22H,19-20H2,1-12H3/t41-,42+. The fourth-order valence-electron chi connectivity index (χ4n) is 7.05. The van der Waals surface area contributed by atoms with Crippen LogP contribution in [0.5, 0.6) is 11.5 Å². The van der Waals surface area contributed by atoms with E-state index in [4.69, 9.17) is 9.47 Å². The molecule has 0 fully saturated rings. The van der Waals surface area contributed by atoms with Crippen molar-refractivity contribution in [2.24, 2.45) is 10.8 Å². The minimum atomic E-state index is -1.17. The number of ether oxygens (including phenoxy) is 2. The van der Waals surface area contributed by atoms with Crippen molar-refractivity contribution in [1.82, 2.24) is 0 Å². The van der Waals surface area contributed by atoms with Crippen molar-refractivity contribution >= 4 is 35.1 Å². The molecule has 7 rings (SSSR count). The molecule has 0 N–H and O–H groups in total. The molecular formula is C42H48O4S2. The zero-order valence-electron chi connectivity index (χ0n) is 30.5. The van der Waals surface area contributed by atoms with Crippen LogP contribution in [0, 0.1) is 10.8 Å². The van der Waals surface area contributed by atoms with Crippen molar-refractivity contribution in [3.63, 3.8) is 0 Å². The van der Waals surface area contributed by atoms with E-state index in [9.17, 15) is 9.59 Å². The van der Waals surface area contributed by atoms with Gasteiger partial charge in [-0.05, 0) is 80.4 Å². The lowest BCUT2D eigenvalue weighted by molar-refractivity contribution is -0.126. The molecule has 0 saturated heterocycles. The number of Topliss-reactive ketones (excluding diaryl/α,β-unsaturated/α-hetero) is 2. The minimum absolute atomic E-state index is 0.0324. The van der Waals surface area contributed by atoms with Gasteiger partial charge >= 0.3 is 0 Å². The van der Waals surface area contributed by atoms with Crippen LogP contribution in [0.25, 0.3) is 0 Å². The number of allylic oxidation sites excluding steroid dienone is 4. The highest BCUT2D eigenvalue weighted by Gasteiger charge is 2.53. The lowest BCUT2D eigenvalue weighted by Gasteiger charge is -2.35. The van der Waals surface area contributed by atoms with E-state index in [1.807, 2.05) is 0 Å². The molecule has 2 atom stereocenters. The number of carbonyl (C=O) groups excluding carboxylic acids is 2. The fourth-order valence-corrected chi connectivity index (χ4v) is 9.33. The molecule has 2 aromatic rings. The van der Waals surface area contributed by atoms with Crippen molar-refractivity contribution in [2.45, 2.75) is 128 Å². The van der Waals surface area contributed by atoms with E-state index in [2.05, 4.69) is 132 Å². The zero-order valence-corrected chi connectivity index (χ0v) is 32.1. The maximum absolute atomic E-state index is 14.9.